The molecule has 8 nitrogen and oxygen atoms in total. The summed E-state index contributed by atoms with van der Waals surface area (Å²) in [6.07, 6.45) is 0. The van der Waals surface area contributed by atoms with Crippen LogP contribution in [0.5, 0.6) is 11.5 Å². The molecule has 1 heterocycles. The minimum absolute atomic E-state index is 0.0522. The van der Waals surface area contributed by atoms with Crippen LogP contribution < -0.4 is 15.5 Å². The molecule has 0 aromatic heterocycles. The number of carbonyl (C=O) groups is 1. The first-order valence-corrected chi connectivity index (χ1v) is 9.87. The topological polar surface area (TPSA) is 108 Å². The quantitative estimate of drug-likeness (QED) is 0.523. The Morgan fingerprint density at radius 1 is 1.15 bits per heavy atom. The van der Waals surface area contributed by atoms with E-state index in [0.717, 1.165) is 9.87 Å². The second kappa shape index (κ2) is 8.05. The number of hydrogen-bond donors (Lipinski definition) is 3. The van der Waals surface area contributed by atoms with Gasteiger partial charge in [-0.1, -0.05) is 17.7 Å². The summed E-state index contributed by atoms with van der Waals surface area (Å²) >= 11 is 0. The van der Waals surface area contributed by atoms with Gasteiger partial charge < -0.3 is 10.1 Å². The van der Waals surface area contributed by atoms with Crippen LogP contribution in [0.1, 0.15) is 5.56 Å². The number of rotatable bonds is 5. The van der Waals surface area contributed by atoms with E-state index in [9.17, 15) is 13.2 Å². The minimum Gasteiger partial charge on any atom is -0.457 e. The van der Waals surface area contributed by atoms with Crippen LogP contribution in [0.15, 0.2) is 53.4 Å². The van der Waals surface area contributed by atoms with Crippen molar-refractivity contribution in [1.29, 1.82) is 0 Å². The van der Waals surface area contributed by atoms with Crippen LogP contribution in [0.25, 0.3) is 0 Å². The zero-order valence-electron chi connectivity index (χ0n) is 14.8. The fourth-order valence-electron chi connectivity index (χ4n) is 2.83. The van der Waals surface area contributed by atoms with Crippen molar-refractivity contribution >= 4 is 15.9 Å². The number of hydrogen-bond acceptors (Lipinski definition) is 6. The first kappa shape index (κ1) is 19.3. The van der Waals surface area contributed by atoms with Gasteiger partial charge in [0.05, 0.1) is 4.90 Å². The summed E-state index contributed by atoms with van der Waals surface area (Å²) in [6, 6.07) is 12.5. The highest BCUT2D eigenvalue weighted by atomic mass is 32.2. The molecule has 0 radical (unpaired) electrons. The van der Waals surface area contributed by atoms with Crippen molar-refractivity contribution < 1.29 is 23.2 Å². The number of hydroxylamine groups is 1. The molecule has 0 saturated carbocycles. The number of aryl methyl sites for hydroxylation is 1. The number of benzene rings is 2. The number of sulfonamides is 1. The summed E-state index contributed by atoms with van der Waals surface area (Å²) in [5, 5.41) is 11.8. The van der Waals surface area contributed by atoms with Gasteiger partial charge in [-0.15, -0.1) is 0 Å². The monoisotopic (exact) mass is 391 g/mol. The average Bonchev–Trinajstić information content (AvgIpc) is 2.69. The number of amides is 1. The van der Waals surface area contributed by atoms with E-state index in [4.69, 9.17) is 9.94 Å². The Kier molecular flexibility index (Phi) is 5.76. The molecular formula is C18H21N3O5S. The maximum Gasteiger partial charge on any atom is 0.263 e. The van der Waals surface area contributed by atoms with Gasteiger partial charge in [0, 0.05) is 19.6 Å². The smallest absolute Gasteiger partial charge is 0.263 e. The Morgan fingerprint density at radius 3 is 2.33 bits per heavy atom. The van der Waals surface area contributed by atoms with Gasteiger partial charge in [0.2, 0.25) is 10.0 Å². The van der Waals surface area contributed by atoms with Crippen LogP contribution in [0.3, 0.4) is 0 Å². The van der Waals surface area contributed by atoms with Crippen molar-refractivity contribution in [2.75, 3.05) is 19.6 Å². The number of piperazine rings is 1. The van der Waals surface area contributed by atoms with Gasteiger partial charge in [-0.2, -0.15) is 4.31 Å². The number of nitrogens with zero attached hydrogens (tertiary/aromatic N) is 1. The molecule has 1 aliphatic heterocycles. The van der Waals surface area contributed by atoms with Gasteiger partial charge in [0.25, 0.3) is 5.91 Å². The minimum atomic E-state index is -3.90. The van der Waals surface area contributed by atoms with Gasteiger partial charge in [-0.3, -0.25) is 10.0 Å². The van der Waals surface area contributed by atoms with Crippen LogP contribution in [0.2, 0.25) is 0 Å². The first-order chi connectivity index (χ1) is 12.9. The summed E-state index contributed by atoms with van der Waals surface area (Å²) in [6.45, 7) is 2.65. The fraction of sp³-hybridized carbons (Fsp3) is 0.278. The second-order valence-electron chi connectivity index (χ2n) is 6.20. The fourth-order valence-corrected chi connectivity index (χ4v) is 4.42. The third-order valence-electron chi connectivity index (χ3n) is 4.29. The zero-order chi connectivity index (χ0) is 19.4. The zero-order valence-corrected chi connectivity index (χ0v) is 15.6. The SMILES string of the molecule is Cc1ccc(Oc2ccc(S(=O)(=O)N3CCNCC3C(=O)NO)cc2)cc1. The van der Waals surface area contributed by atoms with Gasteiger partial charge in [-0.25, -0.2) is 13.9 Å². The van der Waals surface area contributed by atoms with Crippen molar-refractivity contribution in [2.24, 2.45) is 0 Å². The van der Waals surface area contributed by atoms with Gasteiger partial charge >= 0.3 is 0 Å². The van der Waals surface area contributed by atoms with Crippen molar-refractivity contribution in [2.45, 2.75) is 17.9 Å². The van der Waals surface area contributed by atoms with Crippen molar-refractivity contribution in [3.05, 3.63) is 54.1 Å². The van der Waals surface area contributed by atoms with Crippen LogP contribution in [0, 0.1) is 6.92 Å². The molecule has 2 aromatic carbocycles. The Balaban J connectivity index is 1.80. The summed E-state index contributed by atoms with van der Waals surface area (Å²) < 4.78 is 32.6. The normalized spacial score (nSPS) is 18.1. The van der Waals surface area contributed by atoms with Crippen molar-refractivity contribution in [3.63, 3.8) is 0 Å². The maximum atomic E-state index is 12.9. The van der Waals surface area contributed by atoms with E-state index in [2.05, 4.69) is 5.32 Å². The first-order valence-electron chi connectivity index (χ1n) is 8.43. The number of carbonyl (C=O) groups excluding carboxylic acids is 1. The summed E-state index contributed by atoms with van der Waals surface area (Å²) in [5.74, 6) is 0.380. The molecule has 1 fully saturated rings. The molecule has 1 saturated heterocycles. The lowest BCUT2D eigenvalue weighted by molar-refractivity contribution is -0.133. The molecule has 1 aliphatic rings. The lowest BCUT2D eigenvalue weighted by Crippen LogP contribution is -2.59. The van der Waals surface area contributed by atoms with Crippen LogP contribution >= 0.6 is 0 Å². The average molecular weight is 391 g/mol. The molecular weight excluding hydrogens is 370 g/mol. The molecule has 0 aliphatic carbocycles. The third-order valence-corrected chi connectivity index (χ3v) is 6.22. The van der Waals surface area contributed by atoms with E-state index >= 15 is 0 Å². The highest BCUT2D eigenvalue weighted by molar-refractivity contribution is 7.89. The maximum absolute atomic E-state index is 12.9. The molecule has 1 atom stereocenters. The van der Waals surface area contributed by atoms with E-state index in [1.165, 1.54) is 17.6 Å². The highest BCUT2D eigenvalue weighted by Crippen LogP contribution is 2.25. The van der Waals surface area contributed by atoms with E-state index in [1.807, 2.05) is 31.2 Å². The molecule has 0 bridgehead atoms. The molecule has 3 N–H and O–H groups in total. The molecule has 9 heteroatoms. The molecule has 27 heavy (non-hydrogen) atoms. The van der Waals surface area contributed by atoms with Gasteiger partial charge in [0.15, 0.2) is 0 Å². The molecule has 1 amide bonds. The number of nitrogens with one attached hydrogen (secondary N) is 2. The van der Waals surface area contributed by atoms with E-state index in [1.54, 1.807) is 12.1 Å². The second-order valence-corrected chi connectivity index (χ2v) is 8.09. The summed E-state index contributed by atoms with van der Waals surface area (Å²) in [4.78, 5) is 11.9. The molecule has 2 aromatic rings. The van der Waals surface area contributed by atoms with Crippen LogP contribution in [0.4, 0.5) is 0 Å². The largest absolute Gasteiger partial charge is 0.457 e. The molecule has 3 rings (SSSR count). The van der Waals surface area contributed by atoms with Crippen LogP contribution in [-0.4, -0.2) is 49.5 Å². The Bertz CT molecular complexity index is 898. The van der Waals surface area contributed by atoms with Gasteiger partial charge in [0.1, 0.15) is 17.5 Å². The highest BCUT2D eigenvalue weighted by Gasteiger charge is 2.37. The van der Waals surface area contributed by atoms with E-state index in [-0.39, 0.29) is 18.0 Å². The standard InChI is InChI=1S/C18H21N3O5S/c1-13-2-4-14(5-3-13)26-15-6-8-16(9-7-15)27(24,25)21-11-10-19-12-17(21)18(22)20-23/h2-9,17,19,23H,10-12H2,1H3,(H,20,22). The molecule has 1 unspecified atom stereocenters. The van der Waals surface area contributed by atoms with Crippen LogP contribution in [-0.2, 0) is 14.8 Å². The van der Waals surface area contributed by atoms with Crippen molar-refractivity contribution in [1.82, 2.24) is 15.1 Å². The lowest BCUT2D eigenvalue weighted by Gasteiger charge is -2.33. The molecule has 144 valence electrons. The predicted molar refractivity (Wildman–Crippen MR) is 98.2 cm³/mol. The predicted octanol–water partition coefficient (Wildman–Crippen LogP) is 1.26. The van der Waals surface area contributed by atoms with Crippen molar-refractivity contribution in [3.8, 4) is 11.5 Å². The number of ether oxygens (including phenoxy) is 1. The lowest BCUT2D eigenvalue weighted by atomic mass is 10.2. The Morgan fingerprint density at radius 2 is 1.74 bits per heavy atom. The van der Waals surface area contributed by atoms with E-state index in [0.29, 0.717) is 18.0 Å². The molecule has 0 spiro atoms. The summed E-state index contributed by atoms with van der Waals surface area (Å²) in [5.41, 5.74) is 2.64. The summed E-state index contributed by atoms with van der Waals surface area (Å²) in [7, 11) is -3.90. The van der Waals surface area contributed by atoms with E-state index < -0.39 is 22.0 Å². The third kappa shape index (κ3) is 4.28. The van der Waals surface area contributed by atoms with Gasteiger partial charge in [-0.05, 0) is 43.3 Å². The Labute approximate surface area is 157 Å². The Hall–Kier alpha value is -2.46.